The third kappa shape index (κ3) is 3.22. The van der Waals surface area contributed by atoms with Gasteiger partial charge in [-0.15, -0.1) is 0 Å². The molecule has 0 aliphatic rings. The van der Waals surface area contributed by atoms with E-state index >= 15 is 0 Å². The molecular weight excluding hydrogens is 266 g/mol. The van der Waals surface area contributed by atoms with E-state index in [4.69, 9.17) is 5.73 Å². The SMILES string of the molecule is CS(=O)(=O)c1cccc(NCCc2ncn[nH]2)c1N. The molecule has 7 nitrogen and oxygen atoms in total. The van der Waals surface area contributed by atoms with Crippen molar-refractivity contribution in [2.45, 2.75) is 11.3 Å². The predicted octanol–water partition coefficient (Wildman–Crippen LogP) is 0.445. The summed E-state index contributed by atoms with van der Waals surface area (Å²) in [6.07, 6.45) is 3.22. The molecule has 0 atom stereocenters. The maximum atomic E-state index is 11.5. The van der Waals surface area contributed by atoms with Crippen molar-refractivity contribution in [3.63, 3.8) is 0 Å². The number of nitrogens with zero attached hydrogens (tertiary/aromatic N) is 2. The number of aromatic nitrogens is 3. The second kappa shape index (κ2) is 5.27. The molecule has 0 fully saturated rings. The number of hydrogen-bond acceptors (Lipinski definition) is 6. The van der Waals surface area contributed by atoms with Crippen LogP contribution in [0.3, 0.4) is 0 Å². The van der Waals surface area contributed by atoms with Gasteiger partial charge in [-0.05, 0) is 12.1 Å². The molecule has 1 aromatic carbocycles. The predicted molar refractivity (Wildman–Crippen MR) is 72.5 cm³/mol. The normalized spacial score (nSPS) is 11.4. The van der Waals surface area contributed by atoms with Crippen LogP contribution in [0.15, 0.2) is 29.4 Å². The lowest BCUT2D eigenvalue weighted by molar-refractivity contribution is 0.602. The molecule has 0 saturated carbocycles. The summed E-state index contributed by atoms with van der Waals surface area (Å²) >= 11 is 0. The number of sulfone groups is 1. The highest BCUT2D eigenvalue weighted by molar-refractivity contribution is 7.90. The van der Waals surface area contributed by atoms with E-state index in [-0.39, 0.29) is 10.6 Å². The lowest BCUT2D eigenvalue weighted by atomic mass is 10.2. The van der Waals surface area contributed by atoms with Crippen molar-refractivity contribution in [2.75, 3.05) is 23.9 Å². The molecule has 0 amide bonds. The number of nitrogen functional groups attached to an aromatic ring is 1. The smallest absolute Gasteiger partial charge is 0.177 e. The summed E-state index contributed by atoms with van der Waals surface area (Å²) in [6, 6.07) is 4.89. The molecule has 2 aromatic rings. The first-order valence-corrected chi connectivity index (χ1v) is 7.54. The van der Waals surface area contributed by atoms with Crippen LogP contribution in [0.4, 0.5) is 11.4 Å². The Balaban J connectivity index is 2.09. The Morgan fingerprint density at radius 3 is 2.84 bits per heavy atom. The van der Waals surface area contributed by atoms with E-state index in [0.717, 1.165) is 12.1 Å². The Morgan fingerprint density at radius 2 is 2.21 bits per heavy atom. The van der Waals surface area contributed by atoms with Gasteiger partial charge in [-0.1, -0.05) is 6.07 Å². The highest BCUT2D eigenvalue weighted by Crippen LogP contribution is 2.26. The minimum absolute atomic E-state index is 0.136. The van der Waals surface area contributed by atoms with Crippen molar-refractivity contribution in [2.24, 2.45) is 0 Å². The minimum atomic E-state index is -3.32. The minimum Gasteiger partial charge on any atom is -0.396 e. The highest BCUT2D eigenvalue weighted by atomic mass is 32.2. The number of hydrogen-bond donors (Lipinski definition) is 3. The summed E-state index contributed by atoms with van der Waals surface area (Å²) in [6.45, 7) is 0.576. The maximum Gasteiger partial charge on any atom is 0.177 e. The standard InChI is InChI=1S/C11H15N5O2S/c1-19(17,18)9-4-2-3-8(11(9)12)13-6-5-10-14-7-15-16-10/h2-4,7,13H,5-6,12H2,1H3,(H,14,15,16). The van der Waals surface area contributed by atoms with Gasteiger partial charge in [0.25, 0.3) is 0 Å². The molecule has 102 valence electrons. The van der Waals surface area contributed by atoms with E-state index < -0.39 is 9.84 Å². The fourth-order valence-corrected chi connectivity index (χ4v) is 2.52. The summed E-state index contributed by atoms with van der Waals surface area (Å²) in [5.41, 5.74) is 6.69. The van der Waals surface area contributed by atoms with Crippen LogP contribution in [0.2, 0.25) is 0 Å². The van der Waals surface area contributed by atoms with Crippen LogP contribution in [0.25, 0.3) is 0 Å². The zero-order chi connectivity index (χ0) is 13.9. The van der Waals surface area contributed by atoms with Gasteiger partial charge >= 0.3 is 0 Å². The van der Waals surface area contributed by atoms with Gasteiger partial charge in [-0.2, -0.15) is 5.10 Å². The summed E-state index contributed by atoms with van der Waals surface area (Å²) < 4.78 is 23.1. The number of nitrogens with one attached hydrogen (secondary N) is 2. The molecule has 0 radical (unpaired) electrons. The van der Waals surface area contributed by atoms with Gasteiger partial charge < -0.3 is 11.1 Å². The van der Waals surface area contributed by atoms with Gasteiger partial charge in [0.05, 0.1) is 16.3 Å². The van der Waals surface area contributed by atoms with Gasteiger partial charge in [-0.3, -0.25) is 5.10 Å². The number of aromatic amines is 1. The maximum absolute atomic E-state index is 11.5. The van der Waals surface area contributed by atoms with Crippen molar-refractivity contribution in [1.29, 1.82) is 0 Å². The first-order valence-electron chi connectivity index (χ1n) is 5.65. The molecule has 19 heavy (non-hydrogen) atoms. The number of rotatable bonds is 5. The van der Waals surface area contributed by atoms with Crippen LogP contribution in [0, 0.1) is 0 Å². The molecule has 0 saturated heterocycles. The summed E-state index contributed by atoms with van der Waals surface area (Å²) in [7, 11) is -3.32. The van der Waals surface area contributed by atoms with Crippen molar-refractivity contribution in [3.8, 4) is 0 Å². The second-order valence-corrected chi connectivity index (χ2v) is 6.08. The Hall–Kier alpha value is -2.09. The van der Waals surface area contributed by atoms with E-state index in [1.807, 2.05) is 0 Å². The molecule has 0 aliphatic carbocycles. The molecule has 8 heteroatoms. The van der Waals surface area contributed by atoms with E-state index in [1.165, 1.54) is 12.4 Å². The van der Waals surface area contributed by atoms with Crippen LogP contribution in [0.1, 0.15) is 5.82 Å². The van der Waals surface area contributed by atoms with Gasteiger partial charge in [-0.25, -0.2) is 13.4 Å². The highest BCUT2D eigenvalue weighted by Gasteiger charge is 2.13. The average molecular weight is 281 g/mol. The average Bonchev–Trinajstić information content (AvgIpc) is 2.83. The van der Waals surface area contributed by atoms with Gasteiger partial charge in [0, 0.05) is 19.2 Å². The van der Waals surface area contributed by atoms with Crippen molar-refractivity contribution in [3.05, 3.63) is 30.4 Å². The molecular formula is C11H15N5O2S. The van der Waals surface area contributed by atoms with Gasteiger partial charge in [0.15, 0.2) is 9.84 Å². The fraction of sp³-hybridized carbons (Fsp3) is 0.273. The topological polar surface area (TPSA) is 114 Å². The van der Waals surface area contributed by atoms with Crippen LogP contribution in [-0.2, 0) is 16.3 Å². The lowest BCUT2D eigenvalue weighted by Gasteiger charge is -2.11. The van der Waals surface area contributed by atoms with Gasteiger partial charge in [0.1, 0.15) is 12.2 Å². The Morgan fingerprint density at radius 1 is 1.42 bits per heavy atom. The molecule has 0 spiro atoms. The van der Waals surface area contributed by atoms with E-state index in [2.05, 4.69) is 20.5 Å². The number of benzene rings is 1. The fourth-order valence-electron chi connectivity index (χ4n) is 1.69. The first kappa shape index (κ1) is 13.3. The van der Waals surface area contributed by atoms with E-state index in [1.54, 1.807) is 12.1 Å². The van der Waals surface area contributed by atoms with Crippen molar-refractivity contribution in [1.82, 2.24) is 15.2 Å². The van der Waals surface area contributed by atoms with Crippen molar-refractivity contribution >= 4 is 21.2 Å². The Kier molecular flexibility index (Phi) is 3.70. The monoisotopic (exact) mass is 281 g/mol. The number of H-pyrrole nitrogens is 1. The summed E-state index contributed by atoms with van der Waals surface area (Å²) in [5, 5.41) is 9.58. The van der Waals surface area contributed by atoms with Crippen LogP contribution in [0.5, 0.6) is 0 Å². The molecule has 2 rings (SSSR count). The number of nitrogens with two attached hydrogens (primary N) is 1. The molecule has 0 aliphatic heterocycles. The zero-order valence-electron chi connectivity index (χ0n) is 10.4. The molecule has 0 bridgehead atoms. The van der Waals surface area contributed by atoms with Gasteiger partial charge in [0.2, 0.25) is 0 Å². The third-order valence-electron chi connectivity index (χ3n) is 2.61. The van der Waals surface area contributed by atoms with Crippen LogP contribution >= 0.6 is 0 Å². The molecule has 1 heterocycles. The first-order chi connectivity index (χ1) is 8.98. The zero-order valence-corrected chi connectivity index (χ0v) is 11.2. The summed E-state index contributed by atoms with van der Waals surface area (Å²) in [5.74, 6) is 0.755. The molecule has 4 N–H and O–H groups in total. The number of anilines is 2. The number of para-hydroxylation sites is 1. The van der Waals surface area contributed by atoms with E-state index in [9.17, 15) is 8.42 Å². The van der Waals surface area contributed by atoms with Crippen LogP contribution < -0.4 is 11.1 Å². The Labute approximate surface area is 111 Å². The molecule has 1 aromatic heterocycles. The largest absolute Gasteiger partial charge is 0.396 e. The summed E-state index contributed by atoms with van der Waals surface area (Å²) in [4.78, 5) is 4.13. The van der Waals surface area contributed by atoms with Crippen LogP contribution in [-0.4, -0.2) is 36.4 Å². The quantitative estimate of drug-likeness (QED) is 0.685. The third-order valence-corrected chi connectivity index (χ3v) is 3.76. The second-order valence-electron chi connectivity index (χ2n) is 4.10. The molecule has 0 unspecified atom stereocenters. The lowest BCUT2D eigenvalue weighted by Crippen LogP contribution is -2.10. The Bertz CT molecular complexity index is 652. The van der Waals surface area contributed by atoms with E-state index in [0.29, 0.717) is 18.7 Å². The van der Waals surface area contributed by atoms with Crippen molar-refractivity contribution < 1.29 is 8.42 Å².